The van der Waals surface area contributed by atoms with E-state index in [1.807, 2.05) is 13.0 Å². The van der Waals surface area contributed by atoms with Gasteiger partial charge in [0.2, 0.25) is 0 Å². The van der Waals surface area contributed by atoms with Gasteiger partial charge in [0.05, 0.1) is 17.7 Å². The van der Waals surface area contributed by atoms with Crippen LogP contribution in [0.25, 0.3) is 0 Å². The van der Waals surface area contributed by atoms with Gasteiger partial charge in [0.15, 0.2) is 11.5 Å². The standard InChI is InChI=1S/C24H30N2O6/c1-16(25-32-14-17-4-6-19(7-5-17)26(29)30)20-12-22(28)23(31-3)13-21(20)18-8-10-24(2,15-27)11-9-18/h4-7,12-13,18,27-28H,8-11,14-15H2,1-3H3/t18-,24-. The van der Waals surface area contributed by atoms with Crippen molar-refractivity contribution in [3.05, 3.63) is 63.2 Å². The summed E-state index contributed by atoms with van der Waals surface area (Å²) in [5.41, 5.74) is 3.20. The first-order valence-electron chi connectivity index (χ1n) is 10.7. The molecule has 32 heavy (non-hydrogen) atoms. The molecular weight excluding hydrogens is 412 g/mol. The second-order valence-corrected chi connectivity index (χ2v) is 8.73. The minimum absolute atomic E-state index is 0.0246. The molecule has 0 amide bonds. The van der Waals surface area contributed by atoms with Crippen molar-refractivity contribution in [2.75, 3.05) is 13.7 Å². The van der Waals surface area contributed by atoms with Crippen LogP contribution in [0.1, 0.15) is 62.1 Å². The lowest BCUT2D eigenvalue weighted by Crippen LogP contribution is -2.27. The Labute approximate surface area is 187 Å². The number of ether oxygens (including phenoxy) is 1. The molecule has 172 valence electrons. The molecule has 2 N–H and O–H groups in total. The van der Waals surface area contributed by atoms with Crippen molar-refractivity contribution in [3.63, 3.8) is 0 Å². The Hall–Kier alpha value is -3.13. The Balaban J connectivity index is 1.79. The molecule has 0 heterocycles. The van der Waals surface area contributed by atoms with E-state index in [1.54, 1.807) is 18.2 Å². The molecule has 8 nitrogen and oxygen atoms in total. The lowest BCUT2D eigenvalue weighted by atomic mass is 9.69. The van der Waals surface area contributed by atoms with Gasteiger partial charge >= 0.3 is 0 Å². The van der Waals surface area contributed by atoms with Crippen LogP contribution >= 0.6 is 0 Å². The number of nitro benzene ring substituents is 1. The Kier molecular flexibility index (Phi) is 7.35. The highest BCUT2D eigenvalue weighted by Crippen LogP contribution is 2.45. The van der Waals surface area contributed by atoms with Crippen LogP contribution in [-0.4, -0.2) is 34.6 Å². The molecule has 8 heteroatoms. The fourth-order valence-corrected chi connectivity index (χ4v) is 4.15. The van der Waals surface area contributed by atoms with Crippen molar-refractivity contribution >= 4 is 11.4 Å². The van der Waals surface area contributed by atoms with Crippen LogP contribution in [0.15, 0.2) is 41.6 Å². The zero-order valence-electron chi connectivity index (χ0n) is 18.7. The molecule has 0 atom stereocenters. The number of oxime groups is 1. The van der Waals surface area contributed by atoms with E-state index in [9.17, 15) is 20.3 Å². The number of hydrogen-bond acceptors (Lipinski definition) is 7. The summed E-state index contributed by atoms with van der Waals surface area (Å²) in [5.74, 6) is 0.713. The van der Waals surface area contributed by atoms with Gasteiger partial charge in [0.1, 0.15) is 6.61 Å². The molecule has 0 saturated heterocycles. The third kappa shape index (κ3) is 5.37. The van der Waals surface area contributed by atoms with E-state index < -0.39 is 4.92 Å². The molecule has 0 bridgehead atoms. The SMILES string of the molecule is COc1cc([C@H]2CC[C@](C)(CO)CC2)c(C(C)=NOCc2ccc([N+](=O)[O-])cc2)cc1O. The van der Waals surface area contributed by atoms with Gasteiger partial charge in [-0.25, -0.2) is 0 Å². The highest BCUT2D eigenvalue weighted by molar-refractivity contribution is 6.00. The summed E-state index contributed by atoms with van der Waals surface area (Å²) in [6, 6.07) is 9.65. The first-order chi connectivity index (χ1) is 15.3. The summed E-state index contributed by atoms with van der Waals surface area (Å²) >= 11 is 0. The van der Waals surface area contributed by atoms with Crippen molar-refractivity contribution in [1.82, 2.24) is 0 Å². The number of aliphatic hydroxyl groups excluding tert-OH is 1. The minimum Gasteiger partial charge on any atom is -0.504 e. The van der Waals surface area contributed by atoms with Crippen LogP contribution in [0.2, 0.25) is 0 Å². The summed E-state index contributed by atoms with van der Waals surface area (Å²) in [6.07, 6.45) is 3.69. The maximum Gasteiger partial charge on any atom is 0.269 e. The molecule has 0 radical (unpaired) electrons. The molecule has 0 unspecified atom stereocenters. The molecule has 3 rings (SSSR count). The van der Waals surface area contributed by atoms with Gasteiger partial charge in [-0.05, 0) is 79.3 Å². The third-order valence-corrected chi connectivity index (χ3v) is 6.33. The van der Waals surface area contributed by atoms with E-state index in [0.717, 1.165) is 42.4 Å². The Morgan fingerprint density at radius 1 is 1.25 bits per heavy atom. The Bertz CT molecular complexity index is 979. The highest BCUT2D eigenvalue weighted by atomic mass is 16.6. The van der Waals surface area contributed by atoms with Crippen molar-refractivity contribution in [3.8, 4) is 11.5 Å². The van der Waals surface area contributed by atoms with Crippen LogP contribution < -0.4 is 4.74 Å². The summed E-state index contributed by atoms with van der Waals surface area (Å²) in [5, 5.41) is 35.0. The number of methoxy groups -OCH3 is 1. The molecule has 1 aliphatic rings. The number of hydrogen-bond donors (Lipinski definition) is 2. The van der Waals surface area contributed by atoms with Crippen molar-refractivity contribution in [2.45, 2.75) is 52.1 Å². The molecular formula is C24H30N2O6. The quantitative estimate of drug-likeness (QED) is 0.341. The second-order valence-electron chi connectivity index (χ2n) is 8.73. The fraction of sp³-hybridized carbons (Fsp3) is 0.458. The predicted octanol–water partition coefficient (Wildman–Crippen LogP) is 4.91. The van der Waals surface area contributed by atoms with Crippen LogP contribution in [0.3, 0.4) is 0 Å². The van der Waals surface area contributed by atoms with Crippen LogP contribution in [0.4, 0.5) is 5.69 Å². The Morgan fingerprint density at radius 3 is 2.47 bits per heavy atom. The van der Waals surface area contributed by atoms with Crippen molar-refractivity contribution in [1.29, 1.82) is 0 Å². The fourth-order valence-electron chi connectivity index (χ4n) is 4.15. The molecule has 0 spiro atoms. The predicted molar refractivity (Wildman–Crippen MR) is 121 cm³/mol. The summed E-state index contributed by atoms with van der Waals surface area (Å²) < 4.78 is 5.33. The topological polar surface area (TPSA) is 114 Å². The van der Waals surface area contributed by atoms with E-state index in [-0.39, 0.29) is 36.0 Å². The monoisotopic (exact) mass is 442 g/mol. The van der Waals surface area contributed by atoms with E-state index in [0.29, 0.717) is 11.5 Å². The van der Waals surface area contributed by atoms with E-state index >= 15 is 0 Å². The van der Waals surface area contributed by atoms with Crippen molar-refractivity contribution in [2.24, 2.45) is 10.6 Å². The zero-order chi connectivity index (χ0) is 23.3. The van der Waals surface area contributed by atoms with Crippen LogP contribution in [0.5, 0.6) is 11.5 Å². The molecule has 1 saturated carbocycles. The zero-order valence-corrected chi connectivity index (χ0v) is 18.7. The van der Waals surface area contributed by atoms with Crippen LogP contribution in [0, 0.1) is 15.5 Å². The molecule has 2 aromatic carbocycles. The summed E-state index contributed by atoms with van der Waals surface area (Å²) in [4.78, 5) is 15.8. The number of rotatable bonds is 8. The smallest absolute Gasteiger partial charge is 0.269 e. The number of benzene rings is 2. The largest absolute Gasteiger partial charge is 0.504 e. The van der Waals surface area contributed by atoms with Gasteiger partial charge in [-0.1, -0.05) is 12.1 Å². The number of phenols is 1. The van der Waals surface area contributed by atoms with Crippen LogP contribution in [-0.2, 0) is 11.4 Å². The number of aromatic hydroxyl groups is 1. The van der Waals surface area contributed by atoms with Gasteiger partial charge < -0.3 is 19.8 Å². The van der Waals surface area contributed by atoms with Gasteiger partial charge in [-0.3, -0.25) is 10.1 Å². The first kappa shape index (κ1) is 23.5. The maximum atomic E-state index is 10.8. The minimum atomic E-state index is -0.445. The number of phenolic OH excluding ortho intramolecular Hbond substituents is 1. The van der Waals surface area contributed by atoms with Gasteiger partial charge in [-0.2, -0.15) is 0 Å². The number of aliphatic hydroxyl groups is 1. The van der Waals surface area contributed by atoms with E-state index in [1.165, 1.54) is 19.2 Å². The first-order valence-corrected chi connectivity index (χ1v) is 10.7. The number of non-ortho nitro benzene ring substituents is 1. The molecule has 0 aliphatic heterocycles. The summed E-state index contributed by atoms with van der Waals surface area (Å²) in [6.45, 7) is 4.29. The number of nitrogens with zero attached hydrogens (tertiary/aromatic N) is 2. The average Bonchev–Trinajstić information content (AvgIpc) is 2.80. The van der Waals surface area contributed by atoms with Crippen molar-refractivity contribution < 1.29 is 24.7 Å². The van der Waals surface area contributed by atoms with Gasteiger partial charge in [0, 0.05) is 24.3 Å². The van der Waals surface area contributed by atoms with E-state index in [4.69, 9.17) is 9.57 Å². The third-order valence-electron chi connectivity index (χ3n) is 6.33. The lowest BCUT2D eigenvalue weighted by molar-refractivity contribution is -0.384. The van der Waals surface area contributed by atoms with Gasteiger partial charge in [-0.15, -0.1) is 0 Å². The Morgan fingerprint density at radius 2 is 1.91 bits per heavy atom. The highest BCUT2D eigenvalue weighted by Gasteiger charge is 2.32. The average molecular weight is 443 g/mol. The lowest BCUT2D eigenvalue weighted by Gasteiger charge is -2.36. The second kappa shape index (κ2) is 9.99. The molecule has 0 aromatic heterocycles. The molecule has 2 aromatic rings. The van der Waals surface area contributed by atoms with E-state index in [2.05, 4.69) is 12.1 Å². The normalized spacial score (nSPS) is 21.2. The number of nitro groups is 1. The maximum absolute atomic E-state index is 10.8. The summed E-state index contributed by atoms with van der Waals surface area (Å²) in [7, 11) is 1.52. The van der Waals surface area contributed by atoms with Gasteiger partial charge in [0.25, 0.3) is 5.69 Å². The molecule has 1 fully saturated rings. The molecule has 1 aliphatic carbocycles.